The van der Waals surface area contributed by atoms with Crippen molar-refractivity contribution in [2.75, 3.05) is 5.32 Å². The molecule has 0 radical (unpaired) electrons. The number of carboxylic acid groups (broad SMARTS) is 1. The molecule has 1 aliphatic heterocycles. The van der Waals surface area contributed by atoms with E-state index in [2.05, 4.69) is 41.7 Å². The molecular weight excluding hydrogens is 614 g/mol. The number of oxime groups is 1. The topological polar surface area (TPSA) is 237 Å². The fourth-order valence-corrected chi connectivity index (χ4v) is 4.46. The van der Waals surface area contributed by atoms with E-state index in [1.807, 2.05) is 0 Å². The van der Waals surface area contributed by atoms with Crippen LogP contribution in [0.25, 0.3) is 0 Å². The predicted molar refractivity (Wildman–Crippen MR) is 156 cm³/mol. The van der Waals surface area contributed by atoms with E-state index in [1.165, 1.54) is 10.1 Å². The van der Waals surface area contributed by atoms with Crippen LogP contribution in [0.3, 0.4) is 0 Å². The number of anilines is 1. The normalized spacial score (nSPS) is 19.0. The van der Waals surface area contributed by atoms with Gasteiger partial charge in [-0.1, -0.05) is 10.4 Å². The standard InChI is InChI=1S/C26H35N9O9S/c1-24(2,3)42-22(40)27-9-13-10-35(34-32-13)11-14-16(18(36)28-14)30-19(37)17(33-44-26(7-8-26)20(38)39)15-12-45-21(29-15)31-23(41)43-25(4,5)6/h10,12,14,16H,7-9,11H2,1-6H3,(H,27,40)(H,28,36)(H,30,37)(H,38,39)(H,29,31,41)/t14-,16+/m1/s1. The van der Waals surface area contributed by atoms with Gasteiger partial charge in [-0.15, -0.1) is 16.4 Å². The first-order valence-corrected chi connectivity index (χ1v) is 14.7. The van der Waals surface area contributed by atoms with Crippen molar-refractivity contribution in [2.24, 2.45) is 5.16 Å². The molecule has 0 aromatic carbocycles. The Morgan fingerprint density at radius 3 is 2.40 bits per heavy atom. The van der Waals surface area contributed by atoms with Crippen LogP contribution in [0.5, 0.6) is 0 Å². The fraction of sp³-hybridized carbons (Fsp3) is 0.577. The van der Waals surface area contributed by atoms with Gasteiger partial charge in [-0.2, -0.15) is 0 Å². The van der Waals surface area contributed by atoms with Gasteiger partial charge in [-0.25, -0.2) is 19.4 Å². The van der Waals surface area contributed by atoms with Gasteiger partial charge < -0.3 is 35.4 Å². The van der Waals surface area contributed by atoms with Crippen LogP contribution in [0.2, 0.25) is 0 Å². The first-order chi connectivity index (χ1) is 20.9. The number of carbonyl (C=O) groups is 5. The molecule has 19 heteroatoms. The number of nitrogens with zero attached hydrogens (tertiary/aromatic N) is 5. The molecular formula is C26H35N9O9S. The number of carboxylic acids is 1. The van der Waals surface area contributed by atoms with Crippen molar-refractivity contribution in [3.63, 3.8) is 0 Å². The molecule has 1 saturated carbocycles. The molecule has 1 aliphatic carbocycles. The van der Waals surface area contributed by atoms with Crippen LogP contribution in [0.1, 0.15) is 65.8 Å². The molecule has 2 aliphatic rings. The van der Waals surface area contributed by atoms with Gasteiger partial charge in [0.2, 0.25) is 11.5 Å². The summed E-state index contributed by atoms with van der Waals surface area (Å²) in [6.45, 7) is 10.5. The van der Waals surface area contributed by atoms with Crippen molar-refractivity contribution in [3.05, 3.63) is 23.0 Å². The zero-order chi connectivity index (χ0) is 33.2. The van der Waals surface area contributed by atoms with E-state index in [9.17, 15) is 29.1 Å². The maximum absolute atomic E-state index is 13.4. The van der Waals surface area contributed by atoms with Crippen molar-refractivity contribution < 1.29 is 43.4 Å². The van der Waals surface area contributed by atoms with Gasteiger partial charge in [0.1, 0.15) is 28.6 Å². The van der Waals surface area contributed by atoms with Gasteiger partial charge in [-0.05, 0) is 41.5 Å². The van der Waals surface area contributed by atoms with Crippen molar-refractivity contribution in [1.29, 1.82) is 0 Å². The Labute approximate surface area is 261 Å². The third kappa shape index (κ3) is 9.10. The number of alkyl carbamates (subject to hydrolysis) is 1. The maximum Gasteiger partial charge on any atom is 0.413 e. The Morgan fingerprint density at radius 1 is 1.13 bits per heavy atom. The number of hydrogen-bond donors (Lipinski definition) is 5. The number of aromatic nitrogens is 4. The zero-order valence-corrected chi connectivity index (χ0v) is 26.3. The number of β-lactam (4-membered cyclic amide) rings is 1. The summed E-state index contributed by atoms with van der Waals surface area (Å²) in [5, 5.41) is 33.1. The maximum atomic E-state index is 13.4. The van der Waals surface area contributed by atoms with Crippen molar-refractivity contribution in [3.8, 4) is 0 Å². The molecule has 18 nitrogen and oxygen atoms in total. The monoisotopic (exact) mass is 649 g/mol. The van der Waals surface area contributed by atoms with Crippen LogP contribution in [0.4, 0.5) is 14.7 Å². The van der Waals surface area contributed by atoms with E-state index >= 15 is 0 Å². The highest BCUT2D eigenvalue weighted by molar-refractivity contribution is 7.14. The predicted octanol–water partition coefficient (Wildman–Crippen LogP) is 1.13. The minimum atomic E-state index is -1.56. The second-order valence-corrected chi connectivity index (χ2v) is 13.2. The van der Waals surface area contributed by atoms with E-state index in [4.69, 9.17) is 14.3 Å². The lowest BCUT2D eigenvalue weighted by atomic mass is 9.98. The lowest BCUT2D eigenvalue weighted by molar-refractivity contribution is -0.153. The SMILES string of the molecule is CC(C)(C)OC(=O)NCc1cn(C[C@H]2NC(=O)[C@H]2NC(=O)C(=NOC2(C(=O)O)CC2)c2csc(NC(=O)OC(C)(C)C)n2)nn1. The fourth-order valence-electron chi connectivity index (χ4n) is 3.78. The van der Waals surface area contributed by atoms with Gasteiger partial charge in [0, 0.05) is 18.2 Å². The van der Waals surface area contributed by atoms with Gasteiger partial charge in [-0.3, -0.25) is 19.6 Å². The Balaban J connectivity index is 1.42. The molecule has 3 heterocycles. The molecule has 0 bridgehead atoms. The van der Waals surface area contributed by atoms with Crippen LogP contribution in [-0.2, 0) is 41.8 Å². The van der Waals surface area contributed by atoms with Crippen LogP contribution in [0, 0.1) is 0 Å². The Morgan fingerprint density at radius 2 is 1.80 bits per heavy atom. The Hall–Kier alpha value is -4.81. The molecule has 4 amide bonds. The summed E-state index contributed by atoms with van der Waals surface area (Å²) >= 11 is 0.969. The average molecular weight is 650 g/mol. The van der Waals surface area contributed by atoms with E-state index in [0.29, 0.717) is 5.69 Å². The van der Waals surface area contributed by atoms with Crippen molar-refractivity contribution in [1.82, 2.24) is 35.9 Å². The Bertz CT molecular complexity index is 1500. The smallest absolute Gasteiger partial charge is 0.413 e. The lowest BCUT2D eigenvalue weighted by Crippen LogP contribution is -2.70. The first kappa shape index (κ1) is 33.1. The van der Waals surface area contributed by atoms with E-state index in [1.54, 1.807) is 47.7 Å². The summed E-state index contributed by atoms with van der Waals surface area (Å²) in [4.78, 5) is 70.9. The third-order valence-electron chi connectivity index (χ3n) is 6.06. The quantitative estimate of drug-likeness (QED) is 0.131. The van der Waals surface area contributed by atoms with E-state index < -0.39 is 64.6 Å². The highest BCUT2D eigenvalue weighted by Crippen LogP contribution is 2.40. The van der Waals surface area contributed by atoms with Crippen LogP contribution in [0.15, 0.2) is 16.7 Å². The number of nitrogens with one attached hydrogen (secondary N) is 4. The number of aliphatic carboxylic acids is 1. The van der Waals surface area contributed by atoms with Crippen LogP contribution >= 0.6 is 11.3 Å². The summed E-state index contributed by atoms with van der Waals surface area (Å²) in [6.07, 6.45) is 0.580. The number of hydrogen-bond acceptors (Lipinski definition) is 13. The van der Waals surface area contributed by atoms with Gasteiger partial charge in [0.05, 0.1) is 25.3 Å². The summed E-state index contributed by atoms with van der Waals surface area (Å²) in [7, 11) is 0. The zero-order valence-electron chi connectivity index (χ0n) is 25.5. The molecule has 2 aromatic heterocycles. The second-order valence-electron chi connectivity index (χ2n) is 12.3. The number of carbonyl (C=O) groups excluding carboxylic acids is 4. The summed E-state index contributed by atoms with van der Waals surface area (Å²) in [5.41, 5.74) is -2.96. The van der Waals surface area contributed by atoms with E-state index in [0.717, 1.165) is 11.3 Å². The lowest BCUT2D eigenvalue weighted by Gasteiger charge is -2.36. The van der Waals surface area contributed by atoms with Gasteiger partial charge in [0.25, 0.3) is 5.91 Å². The van der Waals surface area contributed by atoms with Gasteiger partial charge in [0.15, 0.2) is 10.8 Å². The molecule has 0 spiro atoms. The van der Waals surface area contributed by atoms with Gasteiger partial charge >= 0.3 is 18.2 Å². The molecule has 2 aromatic rings. The molecule has 2 atom stereocenters. The molecule has 45 heavy (non-hydrogen) atoms. The summed E-state index contributed by atoms with van der Waals surface area (Å²) < 4.78 is 11.8. The van der Waals surface area contributed by atoms with Crippen LogP contribution < -0.4 is 21.3 Å². The van der Waals surface area contributed by atoms with Crippen molar-refractivity contribution >= 4 is 52.2 Å². The van der Waals surface area contributed by atoms with Crippen LogP contribution in [-0.4, -0.2) is 89.7 Å². The minimum Gasteiger partial charge on any atom is -0.478 e. The van der Waals surface area contributed by atoms with Crippen molar-refractivity contribution in [2.45, 2.75) is 96.4 Å². The molecule has 244 valence electrons. The number of ether oxygens (including phenoxy) is 2. The highest BCUT2D eigenvalue weighted by atomic mass is 32.1. The average Bonchev–Trinajstić information content (AvgIpc) is 3.34. The second kappa shape index (κ2) is 12.7. The third-order valence-corrected chi connectivity index (χ3v) is 6.81. The Kier molecular flexibility index (Phi) is 9.31. The number of rotatable bonds is 11. The highest BCUT2D eigenvalue weighted by Gasteiger charge is 2.55. The molecule has 2 fully saturated rings. The van der Waals surface area contributed by atoms with E-state index in [-0.39, 0.29) is 36.8 Å². The number of thiazole rings is 1. The first-order valence-electron chi connectivity index (χ1n) is 13.9. The largest absolute Gasteiger partial charge is 0.478 e. The molecule has 1 saturated heterocycles. The molecule has 0 unspecified atom stereocenters. The number of amides is 4. The summed E-state index contributed by atoms with van der Waals surface area (Å²) in [6, 6.07) is -1.60. The molecule has 4 rings (SSSR count). The minimum absolute atomic E-state index is 0.0283. The molecule has 5 N–H and O–H groups in total. The summed E-state index contributed by atoms with van der Waals surface area (Å²) in [5.74, 6) is -2.57.